The molecule has 1 aliphatic heterocycles. The van der Waals surface area contributed by atoms with Crippen molar-refractivity contribution in [3.05, 3.63) is 81.1 Å². The van der Waals surface area contributed by atoms with Gasteiger partial charge in [-0.15, -0.1) is 0 Å². The second-order valence-electron chi connectivity index (χ2n) is 7.35. The molecule has 1 unspecified atom stereocenters. The number of ether oxygens (including phenoxy) is 1. The lowest BCUT2D eigenvalue weighted by Gasteiger charge is -2.28. The van der Waals surface area contributed by atoms with E-state index in [0.717, 1.165) is 11.1 Å². The van der Waals surface area contributed by atoms with E-state index >= 15 is 0 Å². The molecule has 7 heteroatoms. The van der Waals surface area contributed by atoms with E-state index < -0.39 is 5.92 Å². The van der Waals surface area contributed by atoms with Gasteiger partial charge in [-0.1, -0.05) is 59.8 Å². The Hall–Kier alpha value is -3.06. The third-order valence-electron chi connectivity index (χ3n) is 5.27. The number of thioether (sulfide) groups is 1. The van der Waals surface area contributed by atoms with Gasteiger partial charge in [0.2, 0.25) is 5.91 Å². The van der Waals surface area contributed by atoms with E-state index in [0.29, 0.717) is 28.0 Å². The fraction of sp³-hybridized carbons (Fsp3) is 0.261. The number of para-hydroxylation sites is 1. The molecule has 30 heavy (non-hydrogen) atoms. The van der Waals surface area contributed by atoms with Crippen LogP contribution in [0.25, 0.3) is 0 Å². The minimum atomic E-state index is -0.396. The first-order valence-electron chi connectivity index (χ1n) is 9.70. The van der Waals surface area contributed by atoms with Crippen LogP contribution in [0.3, 0.4) is 0 Å². The van der Waals surface area contributed by atoms with Crippen molar-refractivity contribution in [1.82, 2.24) is 9.55 Å². The summed E-state index contributed by atoms with van der Waals surface area (Å²) in [6, 6.07) is 15.7. The zero-order valence-electron chi connectivity index (χ0n) is 17.1. The fourth-order valence-electron chi connectivity index (χ4n) is 3.83. The maximum atomic E-state index is 13.1. The molecular weight excluding hydrogens is 398 g/mol. The zero-order valence-corrected chi connectivity index (χ0v) is 18.0. The van der Waals surface area contributed by atoms with Gasteiger partial charge in [-0.25, -0.2) is 0 Å². The number of carbonyl (C=O) groups is 1. The number of nitrogens with one attached hydrogen (secondary N) is 1. The first-order valence-corrected chi connectivity index (χ1v) is 10.7. The Morgan fingerprint density at radius 1 is 1.20 bits per heavy atom. The predicted octanol–water partition coefficient (Wildman–Crippen LogP) is 3.86. The molecule has 6 nitrogen and oxygen atoms in total. The monoisotopic (exact) mass is 421 g/mol. The lowest BCUT2D eigenvalue weighted by molar-refractivity contribution is -0.116. The smallest absolute Gasteiger partial charge is 0.279 e. The van der Waals surface area contributed by atoms with Crippen molar-refractivity contribution in [3.8, 4) is 5.75 Å². The molecular formula is C23H23N3O3S. The lowest BCUT2D eigenvalue weighted by atomic mass is 9.86. The predicted molar refractivity (Wildman–Crippen MR) is 118 cm³/mol. The Morgan fingerprint density at radius 2 is 2.00 bits per heavy atom. The Labute approximate surface area is 179 Å². The number of fused-ring (bicyclic) bond motifs is 1. The second-order valence-corrected chi connectivity index (χ2v) is 8.29. The first kappa shape index (κ1) is 20.2. The van der Waals surface area contributed by atoms with Crippen molar-refractivity contribution in [2.75, 3.05) is 12.4 Å². The number of anilines is 1. The summed E-state index contributed by atoms with van der Waals surface area (Å²) in [5.41, 5.74) is 3.35. The van der Waals surface area contributed by atoms with Gasteiger partial charge < -0.3 is 14.6 Å². The van der Waals surface area contributed by atoms with Gasteiger partial charge in [0.25, 0.3) is 5.56 Å². The van der Waals surface area contributed by atoms with Crippen LogP contribution in [0.5, 0.6) is 5.75 Å². The summed E-state index contributed by atoms with van der Waals surface area (Å²) < 4.78 is 7.28. The zero-order chi connectivity index (χ0) is 21.3. The van der Waals surface area contributed by atoms with E-state index in [1.54, 1.807) is 11.7 Å². The van der Waals surface area contributed by atoms with Gasteiger partial charge in [0, 0.05) is 30.7 Å². The van der Waals surface area contributed by atoms with Crippen LogP contribution in [-0.2, 0) is 17.6 Å². The SMILES string of the molecule is COc1ccccc1C1CC(=O)Nc2c1c(=O)nc(SCc1cccc(C)c1)n2C. The third-order valence-corrected chi connectivity index (χ3v) is 6.37. The van der Waals surface area contributed by atoms with Crippen molar-refractivity contribution >= 4 is 23.5 Å². The molecule has 154 valence electrons. The van der Waals surface area contributed by atoms with E-state index in [1.807, 2.05) is 37.4 Å². The Kier molecular flexibility index (Phi) is 5.63. The number of nitrogens with zero attached hydrogens (tertiary/aromatic N) is 2. The summed E-state index contributed by atoms with van der Waals surface area (Å²) in [5.74, 6) is 1.32. The number of amides is 1. The number of methoxy groups -OCH3 is 1. The molecule has 1 aliphatic rings. The minimum absolute atomic E-state index is 0.130. The quantitative estimate of drug-likeness (QED) is 0.500. The van der Waals surface area contributed by atoms with Crippen LogP contribution in [0, 0.1) is 6.92 Å². The van der Waals surface area contributed by atoms with E-state index in [4.69, 9.17) is 4.74 Å². The second kappa shape index (κ2) is 8.36. The summed E-state index contributed by atoms with van der Waals surface area (Å²) >= 11 is 1.48. The molecule has 2 aromatic carbocycles. The van der Waals surface area contributed by atoms with Gasteiger partial charge in [-0.2, -0.15) is 4.98 Å². The Morgan fingerprint density at radius 3 is 2.77 bits per heavy atom. The topological polar surface area (TPSA) is 73.2 Å². The van der Waals surface area contributed by atoms with Crippen LogP contribution in [0.1, 0.15) is 34.6 Å². The largest absolute Gasteiger partial charge is 0.496 e. The van der Waals surface area contributed by atoms with Gasteiger partial charge in [0.1, 0.15) is 11.6 Å². The van der Waals surface area contributed by atoms with Crippen LogP contribution in [0.2, 0.25) is 0 Å². The molecule has 0 saturated carbocycles. The molecule has 0 spiro atoms. The fourth-order valence-corrected chi connectivity index (χ4v) is 4.74. The van der Waals surface area contributed by atoms with Gasteiger partial charge in [-0.3, -0.25) is 9.59 Å². The van der Waals surface area contributed by atoms with E-state index in [1.165, 1.54) is 17.3 Å². The van der Waals surface area contributed by atoms with Crippen molar-refractivity contribution in [3.63, 3.8) is 0 Å². The maximum absolute atomic E-state index is 13.1. The van der Waals surface area contributed by atoms with Crippen LogP contribution in [0.15, 0.2) is 58.5 Å². The average molecular weight is 422 g/mol. The van der Waals surface area contributed by atoms with Crippen molar-refractivity contribution in [1.29, 1.82) is 0 Å². The molecule has 0 bridgehead atoms. The maximum Gasteiger partial charge on any atom is 0.279 e. The van der Waals surface area contributed by atoms with Crippen molar-refractivity contribution < 1.29 is 9.53 Å². The molecule has 0 fully saturated rings. The molecule has 1 N–H and O–H groups in total. The number of hydrogen-bond acceptors (Lipinski definition) is 5. The van der Waals surface area contributed by atoms with Gasteiger partial charge >= 0.3 is 0 Å². The number of carbonyl (C=O) groups excluding carboxylic acids is 1. The highest BCUT2D eigenvalue weighted by Crippen LogP contribution is 2.39. The van der Waals surface area contributed by atoms with Crippen LogP contribution >= 0.6 is 11.8 Å². The summed E-state index contributed by atoms with van der Waals surface area (Å²) in [5, 5.41) is 3.45. The van der Waals surface area contributed by atoms with Crippen LogP contribution in [-0.4, -0.2) is 22.6 Å². The summed E-state index contributed by atoms with van der Waals surface area (Å²) in [6.45, 7) is 2.05. The number of hydrogen-bond donors (Lipinski definition) is 1. The van der Waals surface area contributed by atoms with Crippen LogP contribution in [0.4, 0.5) is 5.82 Å². The van der Waals surface area contributed by atoms with Crippen molar-refractivity contribution in [2.45, 2.75) is 30.2 Å². The highest BCUT2D eigenvalue weighted by atomic mass is 32.2. The molecule has 0 aliphatic carbocycles. The van der Waals surface area contributed by atoms with Gasteiger partial charge in [0.15, 0.2) is 5.16 Å². The number of rotatable bonds is 5. The lowest BCUT2D eigenvalue weighted by Crippen LogP contribution is -2.33. The first-order chi connectivity index (χ1) is 14.5. The third kappa shape index (κ3) is 3.85. The normalized spacial score (nSPS) is 15.4. The highest BCUT2D eigenvalue weighted by Gasteiger charge is 2.33. The van der Waals surface area contributed by atoms with E-state index in [2.05, 4.69) is 35.4 Å². The molecule has 0 radical (unpaired) electrons. The molecule has 4 rings (SSSR count). The minimum Gasteiger partial charge on any atom is -0.496 e. The average Bonchev–Trinajstić information content (AvgIpc) is 2.74. The number of benzene rings is 2. The molecule has 3 aromatic rings. The summed E-state index contributed by atoms with van der Waals surface area (Å²) in [6.07, 6.45) is 0.181. The van der Waals surface area contributed by atoms with Crippen LogP contribution < -0.4 is 15.6 Å². The summed E-state index contributed by atoms with van der Waals surface area (Å²) in [4.78, 5) is 29.9. The molecule has 1 aromatic heterocycles. The van der Waals surface area contributed by atoms with Gasteiger partial charge in [-0.05, 0) is 18.6 Å². The molecule has 1 atom stereocenters. The Bertz CT molecular complexity index is 1170. The molecule has 0 saturated heterocycles. The van der Waals surface area contributed by atoms with E-state index in [-0.39, 0.29) is 17.9 Å². The number of aryl methyl sites for hydroxylation is 1. The highest BCUT2D eigenvalue weighted by molar-refractivity contribution is 7.98. The standard InChI is InChI=1S/C23H23N3O3S/c1-14-7-6-8-15(11-14)13-30-23-25-22(28)20-17(12-19(27)24-21(20)26(23)2)16-9-4-5-10-18(16)29-3/h4-11,17H,12-13H2,1-3H3,(H,24,27). The Balaban J connectivity index is 1.74. The molecule has 2 heterocycles. The molecule has 1 amide bonds. The summed E-state index contributed by atoms with van der Waals surface area (Å²) in [7, 11) is 3.42. The number of aromatic nitrogens is 2. The van der Waals surface area contributed by atoms with E-state index in [9.17, 15) is 9.59 Å². The van der Waals surface area contributed by atoms with Gasteiger partial charge in [0.05, 0.1) is 12.7 Å². The van der Waals surface area contributed by atoms with Crippen molar-refractivity contribution in [2.24, 2.45) is 7.05 Å².